The number of fused-ring (bicyclic) bond motifs is 1. The molecule has 3 N–H and O–H groups in total. The van der Waals surface area contributed by atoms with E-state index in [1.807, 2.05) is 9.80 Å². The van der Waals surface area contributed by atoms with Crippen molar-refractivity contribution < 1.29 is 9.59 Å². The standard InChI is InChI=1S/C20H30N6O2/c1-12(2)8-16-15(19(28)23-13-4-3-5-13)9-14-10-25(11-18(27)26(14)16)20-22-7-6-17(21)24-20/h6-7,12-16H,3-5,8-11H2,1-2H3,(H,23,28)(H2,21,22,24)/t14-,15-,16-/m1/s1. The lowest BCUT2D eigenvalue weighted by Crippen LogP contribution is -2.57. The number of piperazine rings is 1. The van der Waals surface area contributed by atoms with Crippen LogP contribution in [0.15, 0.2) is 12.3 Å². The van der Waals surface area contributed by atoms with E-state index in [4.69, 9.17) is 5.73 Å². The number of carbonyl (C=O) groups excluding carboxylic acids is 2. The van der Waals surface area contributed by atoms with Crippen LogP contribution in [0.1, 0.15) is 46.0 Å². The van der Waals surface area contributed by atoms with Crippen molar-refractivity contribution >= 4 is 23.6 Å². The van der Waals surface area contributed by atoms with Gasteiger partial charge in [0.15, 0.2) is 0 Å². The topological polar surface area (TPSA) is 104 Å². The summed E-state index contributed by atoms with van der Waals surface area (Å²) < 4.78 is 0. The summed E-state index contributed by atoms with van der Waals surface area (Å²) in [5.74, 6) is 1.32. The molecule has 2 amide bonds. The fourth-order valence-corrected chi connectivity index (χ4v) is 4.71. The number of nitrogens with one attached hydrogen (secondary N) is 1. The van der Waals surface area contributed by atoms with Gasteiger partial charge in [0.1, 0.15) is 12.4 Å². The number of aromatic nitrogens is 2. The summed E-state index contributed by atoms with van der Waals surface area (Å²) in [6, 6.07) is 1.93. The molecule has 4 rings (SSSR count). The number of carbonyl (C=O) groups is 2. The van der Waals surface area contributed by atoms with Gasteiger partial charge in [-0.25, -0.2) is 4.98 Å². The van der Waals surface area contributed by atoms with Gasteiger partial charge in [0.2, 0.25) is 17.8 Å². The molecule has 1 aromatic rings. The number of hydrogen-bond acceptors (Lipinski definition) is 6. The summed E-state index contributed by atoms with van der Waals surface area (Å²) in [7, 11) is 0. The van der Waals surface area contributed by atoms with Gasteiger partial charge >= 0.3 is 0 Å². The van der Waals surface area contributed by atoms with Gasteiger partial charge in [0.05, 0.1) is 12.0 Å². The molecule has 8 heteroatoms. The summed E-state index contributed by atoms with van der Waals surface area (Å²) in [6.45, 7) is 5.16. The molecule has 152 valence electrons. The zero-order valence-electron chi connectivity index (χ0n) is 16.7. The van der Waals surface area contributed by atoms with Gasteiger partial charge < -0.3 is 20.9 Å². The minimum absolute atomic E-state index is 0.00664. The van der Waals surface area contributed by atoms with Crippen molar-refractivity contribution in [3.63, 3.8) is 0 Å². The first kappa shape index (κ1) is 19.0. The highest BCUT2D eigenvalue weighted by Crippen LogP contribution is 2.37. The van der Waals surface area contributed by atoms with Crippen LogP contribution in [0.4, 0.5) is 11.8 Å². The van der Waals surface area contributed by atoms with Crippen molar-refractivity contribution in [3.05, 3.63) is 12.3 Å². The molecular formula is C20H30N6O2. The molecule has 3 fully saturated rings. The first-order valence-corrected chi connectivity index (χ1v) is 10.4. The number of nitrogen functional groups attached to an aromatic ring is 1. The Labute approximate surface area is 165 Å². The second kappa shape index (κ2) is 7.56. The Hall–Kier alpha value is -2.38. The summed E-state index contributed by atoms with van der Waals surface area (Å²) >= 11 is 0. The van der Waals surface area contributed by atoms with Crippen molar-refractivity contribution in [2.24, 2.45) is 11.8 Å². The molecule has 3 heterocycles. The first-order valence-electron chi connectivity index (χ1n) is 10.4. The van der Waals surface area contributed by atoms with Gasteiger partial charge in [-0.15, -0.1) is 0 Å². The van der Waals surface area contributed by atoms with Crippen LogP contribution in [0.2, 0.25) is 0 Å². The van der Waals surface area contributed by atoms with Crippen LogP contribution in [-0.4, -0.2) is 57.9 Å². The average molecular weight is 387 g/mol. The van der Waals surface area contributed by atoms with Crippen LogP contribution in [0, 0.1) is 11.8 Å². The Morgan fingerprint density at radius 2 is 2.18 bits per heavy atom. The SMILES string of the molecule is CC(C)C[C@@H]1[C@H](C(=O)NC2CCC2)C[C@@H]2CN(c3nccc(N)n3)CC(=O)N21. The maximum Gasteiger partial charge on any atom is 0.242 e. The van der Waals surface area contributed by atoms with Crippen LogP contribution < -0.4 is 16.0 Å². The number of amides is 2. The first-order chi connectivity index (χ1) is 13.4. The van der Waals surface area contributed by atoms with Crippen LogP contribution in [0.3, 0.4) is 0 Å². The summed E-state index contributed by atoms with van der Waals surface area (Å²) in [5.41, 5.74) is 5.78. The monoisotopic (exact) mass is 386 g/mol. The molecule has 2 aliphatic heterocycles. The molecule has 28 heavy (non-hydrogen) atoms. The largest absolute Gasteiger partial charge is 0.384 e. The lowest BCUT2D eigenvalue weighted by Gasteiger charge is -2.40. The Morgan fingerprint density at radius 3 is 2.82 bits per heavy atom. The minimum atomic E-state index is -0.140. The smallest absolute Gasteiger partial charge is 0.242 e. The predicted octanol–water partition coefficient (Wildman–Crippen LogP) is 1.18. The average Bonchev–Trinajstić information content (AvgIpc) is 2.96. The van der Waals surface area contributed by atoms with Gasteiger partial charge in [0, 0.05) is 24.8 Å². The second-order valence-electron chi connectivity index (χ2n) is 8.79. The van der Waals surface area contributed by atoms with Crippen LogP contribution >= 0.6 is 0 Å². The maximum absolute atomic E-state index is 13.1. The Morgan fingerprint density at radius 1 is 1.39 bits per heavy atom. The fourth-order valence-electron chi connectivity index (χ4n) is 4.71. The zero-order chi connectivity index (χ0) is 19.8. The molecule has 8 nitrogen and oxygen atoms in total. The molecule has 1 saturated carbocycles. The highest BCUT2D eigenvalue weighted by Gasteiger charge is 2.50. The molecule has 0 unspecified atom stereocenters. The molecule has 1 aromatic heterocycles. The zero-order valence-corrected chi connectivity index (χ0v) is 16.7. The quantitative estimate of drug-likeness (QED) is 0.787. The van der Waals surface area contributed by atoms with Gasteiger partial charge in [-0.05, 0) is 44.1 Å². The van der Waals surface area contributed by atoms with E-state index in [1.165, 1.54) is 6.42 Å². The predicted molar refractivity (Wildman–Crippen MR) is 106 cm³/mol. The third-order valence-corrected chi connectivity index (χ3v) is 6.23. The van der Waals surface area contributed by atoms with Crippen molar-refractivity contribution in [1.82, 2.24) is 20.2 Å². The van der Waals surface area contributed by atoms with E-state index in [0.29, 0.717) is 36.7 Å². The van der Waals surface area contributed by atoms with Gasteiger partial charge in [0.25, 0.3) is 0 Å². The number of nitrogens with two attached hydrogens (primary N) is 1. The van der Waals surface area contributed by atoms with Crippen LogP contribution in [0.25, 0.3) is 0 Å². The van der Waals surface area contributed by atoms with Crippen LogP contribution in [0.5, 0.6) is 0 Å². The van der Waals surface area contributed by atoms with Gasteiger partial charge in [-0.2, -0.15) is 4.98 Å². The molecule has 0 spiro atoms. The third-order valence-electron chi connectivity index (χ3n) is 6.23. The molecule has 1 aliphatic carbocycles. The summed E-state index contributed by atoms with van der Waals surface area (Å²) in [5, 5.41) is 3.20. The van der Waals surface area contributed by atoms with Crippen LogP contribution in [-0.2, 0) is 9.59 Å². The highest BCUT2D eigenvalue weighted by molar-refractivity contribution is 5.86. The van der Waals surface area contributed by atoms with Crippen molar-refractivity contribution in [2.45, 2.75) is 64.1 Å². The molecule has 3 atom stereocenters. The van der Waals surface area contributed by atoms with E-state index < -0.39 is 0 Å². The number of nitrogens with zero attached hydrogens (tertiary/aromatic N) is 4. The van der Waals surface area contributed by atoms with E-state index in [2.05, 4.69) is 29.1 Å². The Balaban J connectivity index is 1.53. The third kappa shape index (κ3) is 3.64. The van der Waals surface area contributed by atoms with Gasteiger partial charge in [-0.3, -0.25) is 9.59 Å². The highest BCUT2D eigenvalue weighted by atomic mass is 16.2. The second-order valence-corrected chi connectivity index (χ2v) is 8.79. The van der Waals surface area contributed by atoms with E-state index in [0.717, 1.165) is 19.3 Å². The van der Waals surface area contributed by atoms with Crippen molar-refractivity contribution in [2.75, 3.05) is 23.7 Å². The minimum Gasteiger partial charge on any atom is -0.384 e. The Kier molecular flexibility index (Phi) is 5.12. The van der Waals surface area contributed by atoms with E-state index in [9.17, 15) is 9.59 Å². The lowest BCUT2D eigenvalue weighted by atomic mass is 9.89. The number of rotatable bonds is 5. The number of hydrogen-bond donors (Lipinski definition) is 2. The van der Waals surface area contributed by atoms with E-state index >= 15 is 0 Å². The Bertz CT molecular complexity index is 750. The molecule has 2 saturated heterocycles. The maximum atomic E-state index is 13.1. The lowest BCUT2D eigenvalue weighted by molar-refractivity contribution is -0.135. The van der Waals surface area contributed by atoms with E-state index in [1.54, 1.807) is 12.3 Å². The molecule has 0 bridgehead atoms. The normalized spacial score (nSPS) is 27.7. The molecule has 0 radical (unpaired) electrons. The van der Waals surface area contributed by atoms with Crippen molar-refractivity contribution in [3.8, 4) is 0 Å². The number of anilines is 2. The van der Waals surface area contributed by atoms with Crippen molar-refractivity contribution in [1.29, 1.82) is 0 Å². The summed E-state index contributed by atoms with van der Waals surface area (Å²) in [6.07, 6.45) is 6.48. The summed E-state index contributed by atoms with van der Waals surface area (Å²) in [4.78, 5) is 38.5. The molecular weight excluding hydrogens is 356 g/mol. The fraction of sp³-hybridized carbons (Fsp3) is 0.700. The molecule has 3 aliphatic rings. The van der Waals surface area contributed by atoms with Gasteiger partial charge in [-0.1, -0.05) is 13.8 Å². The van der Waals surface area contributed by atoms with E-state index in [-0.39, 0.29) is 36.4 Å². The molecule has 0 aromatic carbocycles.